The predicted molar refractivity (Wildman–Crippen MR) is 84.2 cm³/mol. The fourth-order valence-corrected chi connectivity index (χ4v) is 3.14. The maximum Gasteiger partial charge on any atom is 0.338 e. The van der Waals surface area contributed by atoms with Crippen LogP contribution in [0.4, 0.5) is 8.78 Å². The van der Waals surface area contributed by atoms with Crippen LogP contribution in [0.3, 0.4) is 0 Å². The summed E-state index contributed by atoms with van der Waals surface area (Å²) in [6, 6.07) is 10.1. The van der Waals surface area contributed by atoms with Gasteiger partial charge in [-0.3, -0.25) is 0 Å². The lowest BCUT2D eigenvalue weighted by atomic mass is 10.1. The van der Waals surface area contributed by atoms with Gasteiger partial charge in [-0.15, -0.1) is 11.3 Å². The second-order valence-electron chi connectivity index (χ2n) is 4.69. The minimum absolute atomic E-state index is 0.109. The summed E-state index contributed by atoms with van der Waals surface area (Å²) in [6.45, 7) is 0. The zero-order valence-electron chi connectivity index (χ0n) is 12.0. The molecule has 23 heavy (non-hydrogen) atoms. The summed E-state index contributed by atoms with van der Waals surface area (Å²) in [5.41, 5.74) is 0.997. The largest absolute Gasteiger partial charge is 0.465 e. The summed E-state index contributed by atoms with van der Waals surface area (Å²) in [7, 11) is 1.24. The SMILES string of the molecule is COC(=O)c1cccc(F)c1-c1ncc(-c2ccc(F)cc2)s1. The molecule has 3 nitrogen and oxygen atoms in total. The lowest BCUT2D eigenvalue weighted by Gasteiger charge is -2.06. The van der Waals surface area contributed by atoms with Crippen LogP contribution < -0.4 is 0 Å². The highest BCUT2D eigenvalue weighted by molar-refractivity contribution is 7.18. The van der Waals surface area contributed by atoms with E-state index in [1.807, 2.05) is 0 Å². The standard InChI is InChI=1S/C17H11F2NO2S/c1-22-17(21)12-3-2-4-13(19)15(12)16-20-9-14(23-16)10-5-7-11(18)8-6-10/h2-9H,1H3. The molecule has 0 radical (unpaired) electrons. The van der Waals surface area contributed by atoms with Crippen molar-refractivity contribution in [3.05, 3.63) is 65.9 Å². The molecular weight excluding hydrogens is 320 g/mol. The van der Waals surface area contributed by atoms with Crippen molar-refractivity contribution in [2.45, 2.75) is 0 Å². The molecule has 3 rings (SSSR count). The van der Waals surface area contributed by atoms with Crippen molar-refractivity contribution in [2.24, 2.45) is 0 Å². The van der Waals surface area contributed by atoms with Gasteiger partial charge in [-0.05, 0) is 29.8 Å². The molecular formula is C17H11F2NO2S. The molecule has 6 heteroatoms. The van der Waals surface area contributed by atoms with Gasteiger partial charge in [0.2, 0.25) is 0 Å². The Morgan fingerprint density at radius 2 is 1.87 bits per heavy atom. The first-order valence-electron chi connectivity index (χ1n) is 6.69. The Bertz CT molecular complexity index is 859. The van der Waals surface area contributed by atoms with E-state index in [4.69, 9.17) is 0 Å². The van der Waals surface area contributed by atoms with Crippen molar-refractivity contribution in [1.82, 2.24) is 4.98 Å². The molecule has 0 bridgehead atoms. The van der Waals surface area contributed by atoms with Gasteiger partial charge in [0.25, 0.3) is 0 Å². The first kappa shape index (κ1) is 15.3. The van der Waals surface area contributed by atoms with Gasteiger partial charge in [-0.1, -0.05) is 18.2 Å². The summed E-state index contributed by atoms with van der Waals surface area (Å²) in [5.74, 6) is -1.51. The van der Waals surface area contributed by atoms with Crippen LogP contribution in [0.25, 0.3) is 21.0 Å². The fraction of sp³-hybridized carbons (Fsp3) is 0.0588. The monoisotopic (exact) mass is 331 g/mol. The number of rotatable bonds is 3. The second-order valence-corrected chi connectivity index (χ2v) is 5.72. The van der Waals surface area contributed by atoms with Crippen LogP contribution in [0.15, 0.2) is 48.7 Å². The van der Waals surface area contributed by atoms with E-state index in [2.05, 4.69) is 9.72 Å². The van der Waals surface area contributed by atoms with Crippen LogP contribution >= 0.6 is 11.3 Å². The molecule has 2 aromatic carbocycles. The molecule has 0 fully saturated rings. The molecule has 0 atom stereocenters. The molecule has 0 amide bonds. The highest BCUT2D eigenvalue weighted by Gasteiger charge is 2.20. The normalized spacial score (nSPS) is 10.6. The number of carbonyl (C=O) groups is 1. The average Bonchev–Trinajstić information content (AvgIpc) is 3.04. The number of hydrogen-bond acceptors (Lipinski definition) is 4. The minimum atomic E-state index is -0.627. The lowest BCUT2D eigenvalue weighted by Crippen LogP contribution is -2.04. The number of carbonyl (C=O) groups excluding carboxylic acids is 1. The Hall–Kier alpha value is -2.60. The number of esters is 1. The van der Waals surface area contributed by atoms with E-state index in [-0.39, 0.29) is 16.9 Å². The third kappa shape index (κ3) is 2.98. The minimum Gasteiger partial charge on any atom is -0.465 e. The van der Waals surface area contributed by atoms with Crippen LogP contribution in [0, 0.1) is 11.6 Å². The van der Waals surface area contributed by atoms with Gasteiger partial charge >= 0.3 is 5.97 Å². The molecule has 0 saturated heterocycles. The van der Waals surface area contributed by atoms with Crippen LogP contribution in [0.5, 0.6) is 0 Å². The number of thiazole rings is 1. The third-order valence-electron chi connectivity index (χ3n) is 3.27. The third-order valence-corrected chi connectivity index (χ3v) is 4.33. The number of halogens is 2. The van der Waals surface area contributed by atoms with Gasteiger partial charge in [0, 0.05) is 6.20 Å². The molecule has 0 spiro atoms. The van der Waals surface area contributed by atoms with Crippen molar-refractivity contribution >= 4 is 17.3 Å². The predicted octanol–water partition coefficient (Wildman–Crippen LogP) is 4.54. The van der Waals surface area contributed by atoms with Crippen LogP contribution in [0.1, 0.15) is 10.4 Å². The summed E-state index contributed by atoms with van der Waals surface area (Å²) in [4.78, 5) is 16.8. The van der Waals surface area contributed by atoms with E-state index in [9.17, 15) is 13.6 Å². The molecule has 0 unspecified atom stereocenters. The molecule has 0 saturated carbocycles. The Morgan fingerprint density at radius 3 is 2.57 bits per heavy atom. The Balaban J connectivity index is 2.07. The number of hydrogen-bond donors (Lipinski definition) is 0. The van der Waals surface area contributed by atoms with Crippen LogP contribution in [0.2, 0.25) is 0 Å². The van der Waals surface area contributed by atoms with Gasteiger partial charge in [0.15, 0.2) is 0 Å². The van der Waals surface area contributed by atoms with E-state index in [1.54, 1.807) is 18.3 Å². The van der Waals surface area contributed by atoms with Gasteiger partial charge in [0.05, 0.1) is 23.1 Å². The molecule has 3 aromatic rings. The van der Waals surface area contributed by atoms with E-state index in [1.165, 1.54) is 48.8 Å². The lowest BCUT2D eigenvalue weighted by molar-refractivity contribution is 0.0601. The Labute approximate surface area is 135 Å². The number of aromatic nitrogens is 1. The summed E-state index contributed by atoms with van der Waals surface area (Å²) < 4.78 is 31.9. The molecule has 1 aromatic heterocycles. The van der Waals surface area contributed by atoms with E-state index in [0.717, 1.165) is 10.4 Å². The second kappa shape index (κ2) is 6.26. The van der Waals surface area contributed by atoms with E-state index in [0.29, 0.717) is 5.01 Å². The average molecular weight is 331 g/mol. The summed E-state index contributed by atoms with van der Waals surface area (Å²) >= 11 is 1.22. The number of ether oxygens (including phenoxy) is 1. The van der Waals surface area contributed by atoms with Gasteiger partial charge in [-0.25, -0.2) is 18.6 Å². The fourth-order valence-electron chi connectivity index (χ4n) is 2.16. The molecule has 0 aliphatic rings. The van der Waals surface area contributed by atoms with E-state index >= 15 is 0 Å². The summed E-state index contributed by atoms with van der Waals surface area (Å²) in [5, 5.41) is 0.364. The quantitative estimate of drug-likeness (QED) is 0.661. The Kier molecular flexibility index (Phi) is 4.16. The van der Waals surface area contributed by atoms with Crippen molar-refractivity contribution in [1.29, 1.82) is 0 Å². The molecule has 1 heterocycles. The zero-order valence-corrected chi connectivity index (χ0v) is 12.9. The van der Waals surface area contributed by atoms with Crippen molar-refractivity contribution < 1.29 is 18.3 Å². The molecule has 0 aliphatic carbocycles. The van der Waals surface area contributed by atoms with Crippen molar-refractivity contribution in [3.63, 3.8) is 0 Å². The molecule has 116 valence electrons. The van der Waals surface area contributed by atoms with Crippen molar-refractivity contribution in [2.75, 3.05) is 7.11 Å². The highest BCUT2D eigenvalue weighted by Crippen LogP contribution is 2.35. The van der Waals surface area contributed by atoms with Crippen LogP contribution in [-0.2, 0) is 4.74 Å². The number of methoxy groups -OCH3 is 1. The zero-order chi connectivity index (χ0) is 16.4. The van der Waals surface area contributed by atoms with Gasteiger partial charge in [-0.2, -0.15) is 0 Å². The molecule has 0 N–H and O–H groups in total. The van der Waals surface area contributed by atoms with Gasteiger partial charge < -0.3 is 4.74 Å². The topological polar surface area (TPSA) is 39.2 Å². The highest BCUT2D eigenvalue weighted by atomic mass is 32.1. The number of benzene rings is 2. The smallest absolute Gasteiger partial charge is 0.338 e. The first-order valence-corrected chi connectivity index (χ1v) is 7.51. The summed E-state index contributed by atoms with van der Waals surface area (Å²) in [6.07, 6.45) is 1.57. The van der Waals surface area contributed by atoms with Gasteiger partial charge in [0.1, 0.15) is 16.6 Å². The maximum absolute atomic E-state index is 14.2. The van der Waals surface area contributed by atoms with Crippen LogP contribution in [-0.4, -0.2) is 18.1 Å². The number of nitrogens with zero attached hydrogens (tertiary/aromatic N) is 1. The maximum atomic E-state index is 14.2. The molecule has 0 aliphatic heterocycles. The first-order chi connectivity index (χ1) is 11.1. The van der Waals surface area contributed by atoms with Crippen molar-refractivity contribution in [3.8, 4) is 21.0 Å². The van der Waals surface area contributed by atoms with E-state index < -0.39 is 11.8 Å². The Morgan fingerprint density at radius 1 is 1.13 bits per heavy atom.